The largest absolute Gasteiger partial charge is 0.385 e. The van der Waals surface area contributed by atoms with E-state index in [0.717, 1.165) is 19.6 Å². The van der Waals surface area contributed by atoms with Gasteiger partial charge < -0.3 is 10.6 Å². The molecular formula is C12H20N2. The highest BCUT2D eigenvalue weighted by Crippen LogP contribution is 2.12. The van der Waals surface area contributed by atoms with E-state index in [0.29, 0.717) is 0 Å². The summed E-state index contributed by atoms with van der Waals surface area (Å²) in [5.41, 5.74) is 2.57. The Balaban J connectivity index is 2.21. The maximum atomic E-state index is 3.43. The van der Waals surface area contributed by atoms with Crippen LogP contribution in [-0.2, 0) is 0 Å². The van der Waals surface area contributed by atoms with Crippen molar-refractivity contribution in [2.75, 3.05) is 25.0 Å². The Labute approximate surface area is 86.7 Å². The number of benzene rings is 1. The first kappa shape index (κ1) is 11.1. The summed E-state index contributed by atoms with van der Waals surface area (Å²) < 4.78 is 0. The second-order valence-electron chi connectivity index (χ2n) is 3.45. The molecule has 0 saturated carbocycles. The van der Waals surface area contributed by atoms with Crippen molar-refractivity contribution in [1.29, 1.82) is 0 Å². The molecule has 1 rings (SSSR count). The van der Waals surface area contributed by atoms with E-state index in [1.807, 2.05) is 0 Å². The van der Waals surface area contributed by atoms with Gasteiger partial charge in [0.05, 0.1) is 0 Å². The first-order valence-corrected chi connectivity index (χ1v) is 5.35. The van der Waals surface area contributed by atoms with Crippen molar-refractivity contribution in [2.45, 2.75) is 20.3 Å². The van der Waals surface area contributed by atoms with Gasteiger partial charge in [-0.05, 0) is 38.1 Å². The molecule has 0 atom stereocenters. The van der Waals surface area contributed by atoms with Crippen LogP contribution in [-0.4, -0.2) is 19.6 Å². The van der Waals surface area contributed by atoms with Crippen molar-refractivity contribution in [3.63, 3.8) is 0 Å². The molecule has 0 heterocycles. The third kappa shape index (κ3) is 3.79. The van der Waals surface area contributed by atoms with Gasteiger partial charge in [0.25, 0.3) is 0 Å². The summed E-state index contributed by atoms with van der Waals surface area (Å²) in [6.07, 6.45) is 1.17. The molecular weight excluding hydrogens is 172 g/mol. The van der Waals surface area contributed by atoms with Gasteiger partial charge in [-0.15, -0.1) is 0 Å². The Kier molecular flexibility index (Phi) is 5.08. The number of anilines is 1. The Hall–Kier alpha value is -1.02. The zero-order valence-corrected chi connectivity index (χ0v) is 9.14. The van der Waals surface area contributed by atoms with Gasteiger partial charge in [-0.1, -0.05) is 25.1 Å². The van der Waals surface area contributed by atoms with Crippen LogP contribution in [0.15, 0.2) is 24.3 Å². The standard InChI is InChI=1S/C12H20N2/c1-3-13-9-6-10-14-12-8-5-4-7-11(12)2/h4-5,7-8,13-14H,3,6,9-10H2,1-2H3. The van der Waals surface area contributed by atoms with Gasteiger partial charge in [0, 0.05) is 12.2 Å². The Bertz CT molecular complexity index is 258. The summed E-state index contributed by atoms with van der Waals surface area (Å²) in [6, 6.07) is 8.40. The SMILES string of the molecule is CCNCCCNc1ccccc1C. The van der Waals surface area contributed by atoms with Crippen LogP contribution in [0.3, 0.4) is 0 Å². The summed E-state index contributed by atoms with van der Waals surface area (Å²) >= 11 is 0. The van der Waals surface area contributed by atoms with E-state index in [1.54, 1.807) is 0 Å². The van der Waals surface area contributed by atoms with E-state index in [9.17, 15) is 0 Å². The van der Waals surface area contributed by atoms with Gasteiger partial charge in [0.15, 0.2) is 0 Å². The average molecular weight is 192 g/mol. The van der Waals surface area contributed by atoms with E-state index in [4.69, 9.17) is 0 Å². The summed E-state index contributed by atoms with van der Waals surface area (Å²) in [6.45, 7) is 7.46. The van der Waals surface area contributed by atoms with Crippen LogP contribution in [0.25, 0.3) is 0 Å². The van der Waals surface area contributed by atoms with Gasteiger partial charge >= 0.3 is 0 Å². The minimum absolute atomic E-state index is 1.04. The van der Waals surface area contributed by atoms with E-state index in [2.05, 4.69) is 48.7 Å². The minimum atomic E-state index is 1.04. The van der Waals surface area contributed by atoms with Gasteiger partial charge in [0.2, 0.25) is 0 Å². The van der Waals surface area contributed by atoms with Gasteiger partial charge in [-0.25, -0.2) is 0 Å². The summed E-state index contributed by atoms with van der Waals surface area (Å²) in [7, 11) is 0. The van der Waals surface area contributed by atoms with E-state index in [1.165, 1.54) is 17.7 Å². The maximum absolute atomic E-state index is 3.43. The van der Waals surface area contributed by atoms with Crippen molar-refractivity contribution in [2.24, 2.45) is 0 Å². The molecule has 0 bridgehead atoms. The first-order valence-electron chi connectivity index (χ1n) is 5.35. The highest BCUT2D eigenvalue weighted by molar-refractivity contribution is 5.49. The molecule has 0 aromatic heterocycles. The Morgan fingerprint density at radius 2 is 1.93 bits per heavy atom. The normalized spacial score (nSPS) is 10.1. The zero-order chi connectivity index (χ0) is 10.2. The molecule has 0 aliphatic carbocycles. The molecule has 2 heteroatoms. The predicted molar refractivity (Wildman–Crippen MR) is 62.8 cm³/mol. The Morgan fingerprint density at radius 1 is 1.14 bits per heavy atom. The van der Waals surface area contributed by atoms with Gasteiger partial charge in [-0.2, -0.15) is 0 Å². The smallest absolute Gasteiger partial charge is 0.0369 e. The predicted octanol–water partition coefficient (Wildman–Crippen LogP) is 2.41. The monoisotopic (exact) mass is 192 g/mol. The fourth-order valence-corrected chi connectivity index (χ4v) is 1.38. The first-order chi connectivity index (χ1) is 6.84. The van der Waals surface area contributed by atoms with Crippen molar-refractivity contribution >= 4 is 5.69 Å². The molecule has 0 aliphatic heterocycles. The summed E-state index contributed by atoms with van der Waals surface area (Å²) in [4.78, 5) is 0. The molecule has 0 amide bonds. The van der Waals surface area contributed by atoms with E-state index >= 15 is 0 Å². The quantitative estimate of drug-likeness (QED) is 0.676. The Morgan fingerprint density at radius 3 is 2.64 bits per heavy atom. The summed E-state index contributed by atoms with van der Waals surface area (Å²) in [5, 5.41) is 6.74. The maximum Gasteiger partial charge on any atom is 0.0369 e. The van der Waals surface area contributed by atoms with Crippen molar-refractivity contribution in [1.82, 2.24) is 5.32 Å². The van der Waals surface area contributed by atoms with E-state index in [-0.39, 0.29) is 0 Å². The molecule has 2 nitrogen and oxygen atoms in total. The summed E-state index contributed by atoms with van der Waals surface area (Å²) in [5.74, 6) is 0. The number of aryl methyl sites for hydroxylation is 1. The molecule has 0 aliphatic rings. The fourth-order valence-electron chi connectivity index (χ4n) is 1.38. The lowest BCUT2D eigenvalue weighted by molar-refractivity contribution is 0.688. The van der Waals surface area contributed by atoms with Crippen molar-refractivity contribution < 1.29 is 0 Å². The number of hydrogen-bond donors (Lipinski definition) is 2. The van der Waals surface area contributed by atoms with Gasteiger partial charge in [0.1, 0.15) is 0 Å². The number of nitrogens with one attached hydrogen (secondary N) is 2. The number of hydrogen-bond acceptors (Lipinski definition) is 2. The van der Waals surface area contributed by atoms with Crippen LogP contribution in [0.4, 0.5) is 5.69 Å². The van der Waals surface area contributed by atoms with Crippen LogP contribution in [0, 0.1) is 6.92 Å². The van der Waals surface area contributed by atoms with Gasteiger partial charge in [-0.3, -0.25) is 0 Å². The average Bonchev–Trinajstić information content (AvgIpc) is 2.20. The highest BCUT2D eigenvalue weighted by Gasteiger charge is 1.94. The molecule has 1 aromatic carbocycles. The topological polar surface area (TPSA) is 24.1 Å². The second-order valence-corrected chi connectivity index (χ2v) is 3.45. The van der Waals surface area contributed by atoms with Crippen LogP contribution >= 0.6 is 0 Å². The third-order valence-electron chi connectivity index (χ3n) is 2.24. The molecule has 1 aromatic rings. The third-order valence-corrected chi connectivity index (χ3v) is 2.24. The van der Waals surface area contributed by atoms with E-state index < -0.39 is 0 Å². The minimum Gasteiger partial charge on any atom is -0.385 e. The molecule has 0 spiro atoms. The highest BCUT2D eigenvalue weighted by atomic mass is 14.9. The van der Waals surface area contributed by atoms with Crippen molar-refractivity contribution in [3.8, 4) is 0 Å². The number of para-hydroxylation sites is 1. The molecule has 78 valence electrons. The molecule has 2 N–H and O–H groups in total. The van der Waals surface area contributed by atoms with Crippen LogP contribution in [0.1, 0.15) is 18.9 Å². The molecule has 0 fully saturated rings. The lowest BCUT2D eigenvalue weighted by atomic mass is 10.2. The van der Waals surface area contributed by atoms with Crippen LogP contribution < -0.4 is 10.6 Å². The molecule has 0 unspecified atom stereocenters. The molecule has 14 heavy (non-hydrogen) atoms. The lowest BCUT2D eigenvalue weighted by Crippen LogP contribution is -2.17. The number of rotatable bonds is 6. The van der Waals surface area contributed by atoms with Crippen molar-refractivity contribution in [3.05, 3.63) is 29.8 Å². The molecule has 0 radical (unpaired) electrons. The molecule has 0 saturated heterocycles. The second kappa shape index (κ2) is 6.44. The fraction of sp³-hybridized carbons (Fsp3) is 0.500. The van der Waals surface area contributed by atoms with Crippen LogP contribution in [0.5, 0.6) is 0 Å². The zero-order valence-electron chi connectivity index (χ0n) is 9.14. The van der Waals surface area contributed by atoms with Crippen LogP contribution in [0.2, 0.25) is 0 Å². The lowest BCUT2D eigenvalue weighted by Gasteiger charge is -2.08.